The lowest BCUT2D eigenvalue weighted by molar-refractivity contribution is -0.137. The van der Waals surface area contributed by atoms with Crippen LogP contribution in [0.25, 0.3) is 10.9 Å². The van der Waals surface area contributed by atoms with Crippen molar-refractivity contribution in [3.8, 4) is 11.8 Å². The Morgan fingerprint density at radius 1 is 0.970 bits per heavy atom. The highest BCUT2D eigenvalue weighted by molar-refractivity contribution is 5.95. The van der Waals surface area contributed by atoms with Crippen LogP contribution in [0.5, 0.6) is 0 Å². The maximum absolute atomic E-state index is 13.0. The lowest BCUT2D eigenvalue weighted by Gasteiger charge is -2.13. The summed E-state index contributed by atoms with van der Waals surface area (Å²) >= 11 is 0. The van der Waals surface area contributed by atoms with Gasteiger partial charge in [-0.2, -0.15) is 13.2 Å². The lowest BCUT2D eigenvalue weighted by atomic mass is 10.1. The predicted octanol–water partition coefficient (Wildman–Crippen LogP) is 4.82. The zero-order valence-corrected chi connectivity index (χ0v) is 17.3. The third-order valence-corrected chi connectivity index (χ3v) is 4.86. The van der Waals surface area contributed by atoms with Gasteiger partial charge >= 0.3 is 6.18 Å². The van der Waals surface area contributed by atoms with Crippen molar-refractivity contribution in [2.75, 3.05) is 18.4 Å². The molecule has 0 saturated heterocycles. The van der Waals surface area contributed by atoms with Crippen LogP contribution in [0.15, 0.2) is 73.1 Å². The molecule has 2 aromatic heterocycles. The van der Waals surface area contributed by atoms with E-state index in [-0.39, 0.29) is 6.54 Å². The summed E-state index contributed by atoms with van der Waals surface area (Å²) < 4.78 is 39.1. The molecule has 166 valence electrons. The Morgan fingerprint density at radius 2 is 1.76 bits per heavy atom. The highest BCUT2D eigenvalue weighted by Crippen LogP contribution is 2.31. The van der Waals surface area contributed by atoms with Crippen molar-refractivity contribution in [2.24, 2.45) is 0 Å². The monoisotopic (exact) mass is 448 g/mol. The van der Waals surface area contributed by atoms with Crippen LogP contribution in [-0.4, -0.2) is 29.0 Å². The number of H-pyrrole nitrogens is 1. The Kier molecular flexibility index (Phi) is 6.31. The molecule has 0 aliphatic heterocycles. The van der Waals surface area contributed by atoms with Crippen LogP contribution >= 0.6 is 0 Å². The Balaban J connectivity index is 1.29. The number of alkyl halides is 3. The van der Waals surface area contributed by atoms with Gasteiger partial charge in [-0.05, 0) is 48.5 Å². The number of hydrogen-bond acceptors (Lipinski definition) is 3. The van der Waals surface area contributed by atoms with Gasteiger partial charge in [0.05, 0.1) is 11.1 Å². The average Bonchev–Trinajstić information content (AvgIpc) is 3.28. The Labute approximate surface area is 188 Å². The highest BCUT2D eigenvalue weighted by atomic mass is 19.4. The number of rotatable bonds is 5. The molecule has 33 heavy (non-hydrogen) atoms. The molecular formula is C25H19F3N4O. The second-order valence-corrected chi connectivity index (χ2v) is 7.19. The second kappa shape index (κ2) is 9.49. The van der Waals surface area contributed by atoms with Crippen LogP contribution in [0.3, 0.4) is 0 Å². The van der Waals surface area contributed by atoms with Crippen molar-refractivity contribution in [1.82, 2.24) is 15.3 Å². The van der Waals surface area contributed by atoms with E-state index in [1.54, 1.807) is 12.3 Å². The van der Waals surface area contributed by atoms with Crippen molar-refractivity contribution in [2.45, 2.75) is 6.18 Å². The first-order valence-corrected chi connectivity index (χ1v) is 10.1. The molecule has 5 nitrogen and oxygen atoms in total. The number of benzene rings is 2. The Morgan fingerprint density at radius 3 is 2.55 bits per heavy atom. The summed E-state index contributed by atoms with van der Waals surface area (Å²) in [5, 5.41) is 6.59. The van der Waals surface area contributed by atoms with Gasteiger partial charge in [0.15, 0.2) is 0 Å². The van der Waals surface area contributed by atoms with Gasteiger partial charge in [0, 0.05) is 47.5 Å². The normalized spacial score (nSPS) is 11.0. The van der Waals surface area contributed by atoms with Gasteiger partial charge in [-0.3, -0.25) is 4.79 Å². The average molecular weight is 448 g/mol. The van der Waals surface area contributed by atoms with Gasteiger partial charge in [-0.15, -0.1) is 0 Å². The minimum Gasteiger partial charge on any atom is -0.368 e. The molecule has 4 aromatic rings. The molecule has 0 spiro atoms. The molecule has 0 aliphatic carbocycles. The van der Waals surface area contributed by atoms with Crippen molar-refractivity contribution in [1.29, 1.82) is 0 Å². The summed E-state index contributed by atoms with van der Waals surface area (Å²) in [4.78, 5) is 19.6. The summed E-state index contributed by atoms with van der Waals surface area (Å²) in [7, 11) is 0. The number of pyridine rings is 1. The molecular weight excluding hydrogens is 429 g/mol. The minimum atomic E-state index is -4.59. The molecule has 0 saturated carbocycles. The Bertz CT molecular complexity index is 1330. The molecule has 2 aromatic carbocycles. The largest absolute Gasteiger partial charge is 0.417 e. The number of carbonyl (C=O) groups excluding carboxylic acids is 1. The van der Waals surface area contributed by atoms with Gasteiger partial charge in [-0.1, -0.05) is 24.0 Å². The van der Waals surface area contributed by atoms with Gasteiger partial charge in [-0.25, -0.2) is 4.98 Å². The molecule has 4 rings (SSSR count). The molecule has 0 atom stereocenters. The van der Waals surface area contributed by atoms with Crippen LogP contribution in [0.4, 0.5) is 19.0 Å². The van der Waals surface area contributed by atoms with E-state index in [1.165, 1.54) is 12.1 Å². The van der Waals surface area contributed by atoms with E-state index in [0.717, 1.165) is 34.2 Å². The minimum absolute atomic E-state index is 0.135. The fraction of sp³-hybridized carbons (Fsp3) is 0.120. The van der Waals surface area contributed by atoms with E-state index >= 15 is 0 Å². The first kappa shape index (κ1) is 22.0. The van der Waals surface area contributed by atoms with Crippen LogP contribution in [0, 0.1) is 11.8 Å². The maximum Gasteiger partial charge on any atom is 0.417 e. The number of aromatic nitrogens is 2. The predicted molar refractivity (Wildman–Crippen MR) is 121 cm³/mol. The van der Waals surface area contributed by atoms with E-state index in [1.807, 2.05) is 36.5 Å². The van der Waals surface area contributed by atoms with Crippen molar-refractivity contribution >= 4 is 22.6 Å². The molecule has 0 bridgehead atoms. The van der Waals surface area contributed by atoms with Crippen LogP contribution in [0.2, 0.25) is 0 Å². The molecule has 0 aliphatic rings. The van der Waals surface area contributed by atoms with Gasteiger partial charge in [0.2, 0.25) is 0 Å². The number of nitrogens with one attached hydrogen (secondary N) is 3. The number of anilines is 1. The Hall–Kier alpha value is -4.25. The summed E-state index contributed by atoms with van der Waals surface area (Å²) in [5.74, 6) is 5.96. The summed E-state index contributed by atoms with van der Waals surface area (Å²) in [6.07, 6.45) is -1.08. The van der Waals surface area contributed by atoms with Crippen LogP contribution < -0.4 is 10.6 Å². The zero-order valence-electron chi connectivity index (χ0n) is 17.3. The standard InChI is InChI=1S/C25H19F3N4O/c26-25(27,28)21-4-2-1-3-20(21)24(33)31-14-13-30-23-10-8-18(16-32-23)6-5-17-7-9-22-19(15-17)11-12-29-22/h1-4,7-12,15-16,29H,13-14H2,(H,30,32)(H,31,33). The van der Waals surface area contributed by atoms with Crippen LogP contribution in [0.1, 0.15) is 27.0 Å². The number of fused-ring (bicyclic) bond motifs is 1. The first-order valence-electron chi connectivity index (χ1n) is 10.1. The zero-order chi connectivity index (χ0) is 23.3. The smallest absolute Gasteiger partial charge is 0.368 e. The molecule has 3 N–H and O–H groups in total. The van der Waals surface area contributed by atoms with E-state index in [4.69, 9.17) is 0 Å². The summed E-state index contributed by atoms with van der Waals surface area (Å²) in [6, 6.07) is 16.2. The number of amides is 1. The molecule has 1 amide bonds. The van der Waals surface area contributed by atoms with Crippen LogP contribution in [-0.2, 0) is 6.18 Å². The number of hydrogen-bond donors (Lipinski definition) is 3. The van der Waals surface area contributed by atoms with Crippen molar-refractivity contribution in [3.63, 3.8) is 0 Å². The molecule has 0 radical (unpaired) electrons. The number of nitrogens with zero attached hydrogens (tertiary/aromatic N) is 1. The first-order chi connectivity index (χ1) is 15.9. The third kappa shape index (κ3) is 5.52. The molecule has 0 unspecified atom stereocenters. The number of halogens is 3. The fourth-order valence-corrected chi connectivity index (χ4v) is 3.24. The van der Waals surface area contributed by atoms with E-state index in [9.17, 15) is 18.0 Å². The van der Waals surface area contributed by atoms with Gasteiger partial charge in [0.1, 0.15) is 5.82 Å². The number of aromatic amines is 1. The third-order valence-electron chi connectivity index (χ3n) is 4.86. The maximum atomic E-state index is 13.0. The number of carbonyl (C=O) groups is 1. The fourth-order valence-electron chi connectivity index (χ4n) is 3.24. The van der Waals surface area contributed by atoms with Crippen molar-refractivity contribution < 1.29 is 18.0 Å². The topological polar surface area (TPSA) is 69.8 Å². The second-order valence-electron chi connectivity index (χ2n) is 7.19. The molecule has 2 heterocycles. The van der Waals surface area contributed by atoms with E-state index < -0.39 is 23.2 Å². The summed E-state index contributed by atoms with van der Waals surface area (Å²) in [5.41, 5.74) is 1.33. The molecule has 8 heteroatoms. The van der Waals surface area contributed by atoms with Gasteiger partial charge in [0.25, 0.3) is 5.91 Å². The summed E-state index contributed by atoms with van der Waals surface area (Å²) in [6.45, 7) is 0.435. The van der Waals surface area contributed by atoms with Gasteiger partial charge < -0.3 is 15.6 Å². The lowest BCUT2D eigenvalue weighted by Crippen LogP contribution is -2.30. The van der Waals surface area contributed by atoms with E-state index in [2.05, 4.69) is 32.4 Å². The van der Waals surface area contributed by atoms with E-state index in [0.29, 0.717) is 12.4 Å². The quantitative estimate of drug-likeness (QED) is 0.303. The highest BCUT2D eigenvalue weighted by Gasteiger charge is 2.34. The van der Waals surface area contributed by atoms with Crippen molar-refractivity contribution in [3.05, 3.63) is 95.3 Å². The molecule has 0 fully saturated rings. The SMILES string of the molecule is O=C(NCCNc1ccc(C#Cc2ccc3[nH]ccc3c2)cn1)c1ccccc1C(F)(F)F.